The van der Waals surface area contributed by atoms with E-state index in [1.54, 1.807) is 17.4 Å². The van der Waals surface area contributed by atoms with Crippen LogP contribution >= 0.6 is 22.7 Å². The number of thiophene rings is 2. The third-order valence-electron chi connectivity index (χ3n) is 9.17. The number of nitrogens with zero attached hydrogens (tertiary/aromatic N) is 3. The average Bonchev–Trinajstić information content (AvgIpc) is 3.75. The van der Waals surface area contributed by atoms with Gasteiger partial charge in [-0.3, -0.25) is 0 Å². The molecule has 0 amide bonds. The van der Waals surface area contributed by atoms with Crippen LogP contribution in [0.25, 0.3) is 53.0 Å². The molecule has 0 saturated carbocycles. The molecule has 8 rings (SSSR count). The fraction of sp³-hybridized carbons (Fsp3) is 0.0698. The Bertz CT molecular complexity index is 2320. The molecule has 3 nitrogen and oxygen atoms in total. The van der Waals surface area contributed by atoms with Crippen molar-refractivity contribution in [3.8, 4) is 38.8 Å². The van der Waals surface area contributed by atoms with Crippen LogP contribution < -0.4 is 4.90 Å². The standard InChI is InChI=1S/C43H29N3S2/c1-43(2)38-25-35(22-23-37(38)41-40(43)42-39(48-41)26-36(47-42)24-32(27-44)45-3)46(33-18-14-30(15-19-33)28-10-6-4-7-11-28)34-20-16-31(17-21-34)29-12-8-5-9-13-29/h4-26H,1-2H3/b32-24-. The second-order valence-corrected chi connectivity index (χ2v) is 14.6. The SMILES string of the molecule is [C-]#[N+]/C(C#N)=C\c1cc2sc3c(c2s1)C(C)(C)c1cc(N(c2ccc(-c4ccccc4)cc2)c2ccc(-c4ccccc4)cc2)ccc1-3. The number of benzene rings is 5. The van der Waals surface area contributed by atoms with Gasteiger partial charge in [0.1, 0.15) is 0 Å². The molecule has 0 unspecified atom stereocenters. The number of hydrogen-bond acceptors (Lipinski definition) is 4. The van der Waals surface area contributed by atoms with Gasteiger partial charge < -0.3 is 4.90 Å². The lowest BCUT2D eigenvalue weighted by molar-refractivity contribution is 0.668. The van der Waals surface area contributed by atoms with Gasteiger partial charge in [0.2, 0.25) is 0 Å². The fourth-order valence-corrected chi connectivity index (χ4v) is 9.73. The maximum Gasteiger partial charge on any atom is 0.263 e. The summed E-state index contributed by atoms with van der Waals surface area (Å²) in [5, 5.41) is 9.31. The van der Waals surface area contributed by atoms with Gasteiger partial charge in [0.25, 0.3) is 5.70 Å². The molecule has 48 heavy (non-hydrogen) atoms. The van der Waals surface area contributed by atoms with Crippen LogP contribution in [0.5, 0.6) is 0 Å². The summed E-state index contributed by atoms with van der Waals surface area (Å²) in [5.41, 5.74) is 11.9. The minimum Gasteiger partial charge on any atom is -0.310 e. The van der Waals surface area contributed by atoms with Gasteiger partial charge in [-0.05, 0) is 87.5 Å². The number of anilines is 3. The highest BCUT2D eigenvalue weighted by atomic mass is 32.1. The molecule has 0 spiro atoms. The van der Waals surface area contributed by atoms with Crippen molar-refractivity contribution in [2.45, 2.75) is 19.3 Å². The van der Waals surface area contributed by atoms with Gasteiger partial charge in [0.15, 0.2) is 0 Å². The molecule has 0 atom stereocenters. The summed E-state index contributed by atoms with van der Waals surface area (Å²) >= 11 is 3.48. The number of rotatable bonds is 6. The topological polar surface area (TPSA) is 31.4 Å². The zero-order chi connectivity index (χ0) is 32.8. The first-order valence-electron chi connectivity index (χ1n) is 15.8. The molecule has 0 bridgehead atoms. The minimum absolute atomic E-state index is 0.112. The summed E-state index contributed by atoms with van der Waals surface area (Å²) in [6.07, 6.45) is 1.70. The van der Waals surface area contributed by atoms with Crippen molar-refractivity contribution in [1.82, 2.24) is 0 Å². The zero-order valence-electron chi connectivity index (χ0n) is 26.4. The molecule has 5 heteroatoms. The number of nitriles is 1. The summed E-state index contributed by atoms with van der Waals surface area (Å²) in [6, 6.07) is 49.7. The molecule has 2 aromatic heterocycles. The Labute approximate surface area is 288 Å². The van der Waals surface area contributed by atoms with Gasteiger partial charge in [-0.15, -0.1) is 22.7 Å². The van der Waals surface area contributed by atoms with Gasteiger partial charge in [0, 0.05) is 36.9 Å². The normalized spacial score (nSPS) is 13.0. The van der Waals surface area contributed by atoms with Crippen LogP contribution in [-0.2, 0) is 5.41 Å². The van der Waals surface area contributed by atoms with Crippen LogP contribution in [0.2, 0.25) is 0 Å². The van der Waals surface area contributed by atoms with Crippen molar-refractivity contribution in [3.63, 3.8) is 0 Å². The van der Waals surface area contributed by atoms with Crippen LogP contribution in [0, 0.1) is 17.9 Å². The van der Waals surface area contributed by atoms with Crippen molar-refractivity contribution < 1.29 is 0 Å². The van der Waals surface area contributed by atoms with Crippen LogP contribution in [0.4, 0.5) is 17.1 Å². The molecule has 0 saturated heterocycles. The average molecular weight is 652 g/mol. The van der Waals surface area contributed by atoms with E-state index in [9.17, 15) is 5.26 Å². The molecular formula is C43H29N3S2. The molecule has 1 aliphatic rings. The molecule has 1 aliphatic carbocycles. The second kappa shape index (κ2) is 11.8. The largest absolute Gasteiger partial charge is 0.310 e. The summed E-state index contributed by atoms with van der Waals surface area (Å²) in [4.78, 5) is 7.97. The molecule has 0 fully saturated rings. The lowest BCUT2D eigenvalue weighted by Gasteiger charge is -2.28. The zero-order valence-corrected chi connectivity index (χ0v) is 28.1. The summed E-state index contributed by atoms with van der Waals surface area (Å²) in [6.45, 7) is 11.9. The van der Waals surface area contributed by atoms with E-state index < -0.39 is 0 Å². The van der Waals surface area contributed by atoms with E-state index in [-0.39, 0.29) is 11.1 Å². The van der Waals surface area contributed by atoms with E-state index in [1.165, 1.54) is 53.2 Å². The monoisotopic (exact) mass is 651 g/mol. The van der Waals surface area contributed by atoms with E-state index >= 15 is 0 Å². The van der Waals surface area contributed by atoms with Crippen molar-refractivity contribution in [2.24, 2.45) is 0 Å². The molecule has 5 aromatic carbocycles. The van der Waals surface area contributed by atoms with Crippen LogP contribution in [0.15, 0.2) is 139 Å². The Balaban J connectivity index is 1.22. The highest BCUT2D eigenvalue weighted by molar-refractivity contribution is 7.30. The Hall–Kier alpha value is -5.72. The number of allylic oxidation sites excluding steroid dienone is 1. The molecule has 0 aliphatic heterocycles. The third kappa shape index (κ3) is 5.02. The fourth-order valence-electron chi connectivity index (χ4n) is 6.79. The Morgan fingerprint density at radius 1 is 0.708 bits per heavy atom. The first-order chi connectivity index (χ1) is 23.4. The quantitative estimate of drug-likeness (QED) is 0.132. The molecular weight excluding hydrogens is 623 g/mol. The van der Waals surface area contributed by atoms with Gasteiger partial charge in [-0.1, -0.05) is 105 Å². The predicted octanol–water partition coefficient (Wildman–Crippen LogP) is 12.9. The third-order valence-corrected chi connectivity index (χ3v) is 11.6. The van der Waals surface area contributed by atoms with Gasteiger partial charge in [0.05, 0.1) is 17.3 Å². The van der Waals surface area contributed by atoms with E-state index in [0.717, 1.165) is 21.9 Å². The van der Waals surface area contributed by atoms with Crippen molar-refractivity contribution in [1.29, 1.82) is 5.26 Å². The van der Waals surface area contributed by atoms with Crippen molar-refractivity contribution in [3.05, 3.63) is 167 Å². The van der Waals surface area contributed by atoms with Gasteiger partial charge >= 0.3 is 0 Å². The Kier molecular flexibility index (Phi) is 7.30. The molecule has 0 N–H and O–H groups in total. The molecule has 7 aromatic rings. The maximum atomic E-state index is 9.31. The minimum atomic E-state index is -0.220. The van der Waals surface area contributed by atoms with Crippen molar-refractivity contribution >= 4 is 55.2 Å². The smallest absolute Gasteiger partial charge is 0.263 e. The highest BCUT2D eigenvalue weighted by Gasteiger charge is 2.40. The highest BCUT2D eigenvalue weighted by Crippen LogP contribution is 2.58. The van der Waals surface area contributed by atoms with Crippen LogP contribution in [0.3, 0.4) is 0 Å². The lowest BCUT2D eigenvalue weighted by Crippen LogP contribution is -2.16. The second-order valence-electron chi connectivity index (χ2n) is 12.4. The maximum absolute atomic E-state index is 9.31. The lowest BCUT2D eigenvalue weighted by atomic mass is 9.82. The number of hydrogen-bond donors (Lipinski definition) is 0. The van der Waals surface area contributed by atoms with E-state index in [0.29, 0.717) is 0 Å². The molecule has 2 heterocycles. The van der Waals surface area contributed by atoms with Crippen molar-refractivity contribution in [2.75, 3.05) is 4.90 Å². The van der Waals surface area contributed by atoms with E-state index in [1.807, 2.05) is 29.5 Å². The summed E-state index contributed by atoms with van der Waals surface area (Å²) in [7, 11) is 0. The first-order valence-corrected chi connectivity index (χ1v) is 17.4. The molecule has 228 valence electrons. The molecule has 0 radical (unpaired) electrons. The summed E-state index contributed by atoms with van der Waals surface area (Å²) in [5.74, 6) is 0. The van der Waals surface area contributed by atoms with Gasteiger partial charge in [-0.25, -0.2) is 10.1 Å². The first kappa shape index (κ1) is 29.7. The van der Waals surface area contributed by atoms with Gasteiger partial charge in [-0.2, -0.15) is 0 Å². The van der Waals surface area contributed by atoms with Crippen LogP contribution in [-0.4, -0.2) is 0 Å². The summed E-state index contributed by atoms with van der Waals surface area (Å²) < 4.78 is 2.45. The Morgan fingerprint density at radius 2 is 1.25 bits per heavy atom. The Morgan fingerprint density at radius 3 is 1.79 bits per heavy atom. The van der Waals surface area contributed by atoms with Crippen LogP contribution in [0.1, 0.15) is 29.9 Å². The van der Waals surface area contributed by atoms with E-state index in [4.69, 9.17) is 6.57 Å². The predicted molar refractivity (Wildman–Crippen MR) is 203 cm³/mol. The number of fused-ring (bicyclic) bond motifs is 5. The van der Waals surface area contributed by atoms with E-state index in [2.05, 4.69) is 145 Å².